The Morgan fingerprint density at radius 3 is 2.43 bits per heavy atom. The number of aromatic nitrogens is 1. The second-order valence-corrected chi connectivity index (χ2v) is 6.20. The molecule has 0 aliphatic rings. The molecular formula is C22H20FN3O2. The molecule has 0 atom stereocenters. The van der Waals surface area contributed by atoms with Crippen molar-refractivity contribution in [3.05, 3.63) is 95.6 Å². The summed E-state index contributed by atoms with van der Waals surface area (Å²) >= 11 is 0. The molecule has 2 amide bonds. The Morgan fingerprint density at radius 2 is 1.75 bits per heavy atom. The van der Waals surface area contributed by atoms with Gasteiger partial charge in [0, 0.05) is 30.5 Å². The van der Waals surface area contributed by atoms with E-state index in [4.69, 9.17) is 0 Å². The molecule has 0 radical (unpaired) electrons. The van der Waals surface area contributed by atoms with Gasteiger partial charge in [-0.25, -0.2) is 4.39 Å². The Morgan fingerprint density at radius 1 is 1.04 bits per heavy atom. The van der Waals surface area contributed by atoms with Crippen LogP contribution in [0, 0.1) is 5.82 Å². The summed E-state index contributed by atoms with van der Waals surface area (Å²) in [5.41, 5.74) is 1.99. The summed E-state index contributed by atoms with van der Waals surface area (Å²) in [7, 11) is 0. The van der Waals surface area contributed by atoms with Crippen LogP contribution in [0.25, 0.3) is 0 Å². The fourth-order valence-corrected chi connectivity index (χ4v) is 2.72. The number of anilines is 1. The van der Waals surface area contributed by atoms with Gasteiger partial charge >= 0.3 is 0 Å². The van der Waals surface area contributed by atoms with E-state index < -0.39 is 5.91 Å². The lowest BCUT2D eigenvalue weighted by Crippen LogP contribution is -2.31. The summed E-state index contributed by atoms with van der Waals surface area (Å²) in [5.74, 6) is -1.02. The molecule has 1 aromatic heterocycles. The van der Waals surface area contributed by atoms with Crippen LogP contribution in [0.3, 0.4) is 0 Å². The number of rotatable bonds is 6. The Kier molecular flexibility index (Phi) is 6.11. The molecule has 0 spiro atoms. The molecule has 0 fully saturated rings. The van der Waals surface area contributed by atoms with Gasteiger partial charge in [-0.15, -0.1) is 0 Å². The van der Waals surface area contributed by atoms with E-state index in [1.54, 1.807) is 4.90 Å². The summed E-state index contributed by atoms with van der Waals surface area (Å²) in [6.45, 7) is 2.87. The van der Waals surface area contributed by atoms with Gasteiger partial charge < -0.3 is 10.2 Å². The van der Waals surface area contributed by atoms with E-state index in [2.05, 4.69) is 10.3 Å². The minimum atomic E-state index is -0.394. The van der Waals surface area contributed by atoms with E-state index in [-0.39, 0.29) is 17.4 Å². The third kappa shape index (κ3) is 4.79. The van der Waals surface area contributed by atoms with E-state index in [0.29, 0.717) is 24.3 Å². The van der Waals surface area contributed by atoms with Gasteiger partial charge in [0.05, 0.1) is 0 Å². The van der Waals surface area contributed by atoms with Gasteiger partial charge in [0.25, 0.3) is 11.8 Å². The second-order valence-electron chi connectivity index (χ2n) is 6.20. The topological polar surface area (TPSA) is 62.3 Å². The first-order valence-corrected chi connectivity index (χ1v) is 8.93. The monoisotopic (exact) mass is 377 g/mol. The number of hydrogen-bond donors (Lipinski definition) is 1. The average Bonchev–Trinajstić information content (AvgIpc) is 2.74. The summed E-state index contributed by atoms with van der Waals surface area (Å²) in [5, 5.41) is 2.68. The molecule has 28 heavy (non-hydrogen) atoms. The van der Waals surface area contributed by atoms with Gasteiger partial charge in [0.2, 0.25) is 0 Å². The molecule has 142 valence electrons. The summed E-state index contributed by atoms with van der Waals surface area (Å²) in [6, 6.07) is 18.1. The highest BCUT2D eigenvalue weighted by Crippen LogP contribution is 2.13. The SMILES string of the molecule is CCN(Cc1ccccc1)C(=O)c1cc(C(=O)Nc2ccc(F)cc2)ccn1. The quantitative estimate of drug-likeness (QED) is 0.702. The van der Waals surface area contributed by atoms with Crippen LogP contribution in [0.1, 0.15) is 33.3 Å². The maximum atomic E-state index is 13.0. The number of nitrogens with zero attached hydrogens (tertiary/aromatic N) is 2. The van der Waals surface area contributed by atoms with Crippen LogP contribution in [0.2, 0.25) is 0 Å². The third-order valence-electron chi connectivity index (χ3n) is 4.23. The minimum absolute atomic E-state index is 0.199. The van der Waals surface area contributed by atoms with Gasteiger partial charge in [-0.2, -0.15) is 0 Å². The molecule has 1 heterocycles. The standard InChI is InChI=1S/C22H20FN3O2/c1-2-26(15-16-6-4-3-5-7-16)22(28)20-14-17(12-13-24-20)21(27)25-19-10-8-18(23)9-11-19/h3-14H,2,15H2,1H3,(H,25,27). The largest absolute Gasteiger partial charge is 0.333 e. The van der Waals surface area contributed by atoms with Crippen LogP contribution in [0.4, 0.5) is 10.1 Å². The van der Waals surface area contributed by atoms with Crippen LogP contribution in [-0.4, -0.2) is 28.2 Å². The van der Waals surface area contributed by atoms with Crippen molar-refractivity contribution in [1.82, 2.24) is 9.88 Å². The summed E-state index contributed by atoms with van der Waals surface area (Å²) < 4.78 is 13.0. The van der Waals surface area contributed by atoms with Gasteiger partial charge in [-0.1, -0.05) is 30.3 Å². The molecule has 0 unspecified atom stereocenters. The molecule has 0 saturated carbocycles. The van der Waals surface area contributed by atoms with Gasteiger partial charge in [-0.3, -0.25) is 14.6 Å². The van der Waals surface area contributed by atoms with Crippen molar-refractivity contribution < 1.29 is 14.0 Å². The molecule has 5 nitrogen and oxygen atoms in total. The fourth-order valence-electron chi connectivity index (χ4n) is 2.72. The van der Waals surface area contributed by atoms with Crippen LogP contribution < -0.4 is 5.32 Å². The Labute approximate surface area is 162 Å². The highest BCUT2D eigenvalue weighted by atomic mass is 19.1. The van der Waals surface area contributed by atoms with Crippen molar-refractivity contribution in [3.8, 4) is 0 Å². The highest BCUT2D eigenvalue weighted by molar-refractivity contribution is 6.05. The first-order chi connectivity index (χ1) is 13.6. The first-order valence-electron chi connectivity index (χ1n) is 8.93. The molecule has 6 heteroatoms. The molecule has 0 aliphatic carbocycles. The predicted octanol–water partition coefficient (Wildman–Crippen LogP) is 4.14. The van der Waals surface area contributed by atoms with E-state index in [9.17, 15) is 14.0 Å². The number of carbonyl (C=O) groups excluding carboxylic acids is 2. The minimum Gasteiger partial charge on any atom is -0.333 e. The van der Waals surface area contributed by atoms with E-state index >= 15 is 0 Å². The second kappa shape index (κ2) is 8.90. The Hall–Kier alpha value is -3.54. The number of pyridine rings is 1. The van der Waals surface area contributed by atoms with Gasteiger partial charge in [0.1, 0.15) is 11.5 Å². The molecule has 0 bridgehead atoms. The lowest BCUT2D eigenvalue weighted by atomic mass is 10.1. The maximum Gasteiger partial charge on any atom is 0.272 e. The van der Waals surface area contributed by atoms with Crippen molar-refractivity contribution in [2.45, 2.75) is 13.5 Å². The van der Waals surface area contributed by atoms with Crippen molar-refractivity contribution in [1.29, 1.82) is 0 Å². The zero-order valence-electron chi connectivity index (χ0n) is 15.4. The fraction of sp³-hybridized carbons (Fsp3) is 0.136. The smallest absolute Gasteiger partial charge is 0.272 e. The van der Waals surface area contributed by atoms with Crippen molar-refractivity contribution in [2.24, 2.45) is 0 Å². The zero-order valence-corrected chi connectivity index (χ0v) is 15.4. The van der Waals surface area contributed by atoms with Crippen molar-refractivity contribution >= 4 is 17.5 Å². The van der Waals surface area contributed by atoms with E-state index in [1.165, 1.54) is 42.6 Å². The molecule has 3 rings (SSSR count). The number of halogens is 1. The van der Waals surface area contributed by atoms with Crippen LogP contribution in [0.5, 0.6) is 0 Å². The molecule has 0 saturated heterocycles. The first kappa shape index (κ1) is 19.2. The number of hydrogen-bond acceptors (Lipinski definition) is 3. The number of carbonyl (C=O) groups is 2. The number of amides is 2. The Bertz CT molecular complexity index is 959. The number of benzene rings is 2. The maximum absolute atomic E-state index is 13.0. The summed E-state index contributed by atoms with van der Waals surface area (Å²) in [6.07, 6.45) is 1.43. The van der Waals surface area contributed by atoms with E-state index in [1.807, 2.05) is 37.3 Å². The van der Waals surface area contributed by atoms with Crippen molar-refractivity contribution in [2.75, 3.05) is 11.9 Å². The molecule has 3 aromatic rings. The Balaban J connectivity index is 1.74. The molecule has 0 aliphatic heterocycles. The molecule has 2 aromatic carbocycles. The van der Waals surface area contributed by atoms with Crippen LogP contribution in [-0.2, 0) is 6.54 Å². The van der Waals surface area contributed by atoms with Crippen LogP contribution >= 0.6 is 0 Å². The van der Waals surface area contributed by atoms with Gasteiger partial charge in [0.15, 0.2) is 0 Å². The van der Waals surface area contributed by atoms with E-state index in [0.717, 1.165) is 5.56 Å². The lowest BCUT2D eigenvalue weighted by molar-refractivity contribution is 0.0746. The van der Waals surface area contributed by atoms with Crippen molar-refractivity contribution in [3.63, 3.8) is 0 Å². The zero-order chi connectivity index (χ0) is 19.9. The average molecular weight is 377 g/mol. The predicted molar refractivity (Wildman–Crippen MR) is 105 cm³/mol. The lowest BCUT2D eigenvalue weighted by Gasteiger charge is -2.20. The van der Waals surface area contributed by atoms with Gasteiger partial charge in [-0.05, 0) is 48.9 Å². The summed E-state index contributed by atoms with van der Waals surface area (Å²) in [4.78, 5) is 31.1. The third-order valence-corrected chi connectivity index (χ3v) is 4.23. The molecular weight excluding hydrogens is 357 g/mol. The van der Waals surface area contributed by atoms with Crippen LogP contribution in [0.15, 0.2) is 72.9 Å². The highest BCUT2D eigenvalue weighted by Gasteiger charge is 2.18. The normalized spacial score (nSPS) is 10.4. The molecule has 1 N–H and O–H groups in total. The number of nitrogens with one attached hydrogen (secondary N) is 1.